The Kier molecular flexibility index (Phi) is 4.27. The van der Waals surface area contributed by atoms with Gasteiger partial charge in [-0.2, -0.15) is 5.26 Å². The average molecular weight is 237 g/mol. The Balaban J connectivity index is 3.06. The Hall–Kier alpha value is -1.60. The van der Waals surface area contributed by atoms with Crippen LogP contribution in [0.1, 0.15) is 18.2 Å². The molecule has 0 unspecified atom stereocenters. The van der Waals surface area contributed by atoms with E-state index in [1.165, 1.54) is 0 Å². The van der Waals surface area contributed by atoms with E-state index in [1.807, 2.05) is 31.9 Å². The highest BCUT2D eigenvalue weighted by Crippen LogP contribution is 2.22. The zero-order valence-corrected chi connectivity index (χ0v) is 10.3. The van der Waals surface area contributed by atoms with E-state index in [0.717, 1.165) is 6.54 Å². The summed E-state index contributed by atoms with van der Waals surface area (Å²) in [7, 11) is 1.92. The first-order valence-electron chi connectivity index (χ1n) is 4.90. The maximum absolute atomic E-state index is 8.82. The summed E-state index contributed by atoms with van der Waals surface area (Å²) in [5.41, 5.74) is 1.73. The van der Waals surface area contributed by atoms with Gasteiger partial charge in [0.05, 0.1) is 23.3 Å². The zero-order chi connectivity index (χ0) is 12.1. The largest absolute Gasteiger partial charge is 0.366 e. The molecule has 0 N–H and O–H groups in total. The standard InChI is InChI=1S/C11H13ClN4/c1-4-16(3)7-14-10-5-9(6-13)11(12)15-8(10)2/h5,7H,4H2,1-3H3/b14-7+. The van der Waals surface area contributed by atoms with E-state index in [9.17, 15) is 0 Å². The number of nitriles is 1. The molecule has 1 rings (SSSR count). The molecule has 0 atom stereocenters. The van der Waals surface area contributed by atoms with Gasteiger partial charge in [-0.3, -0.25) is 0 Å². The molecule has 1 aromatic heterocycles. The summed E-state index contributed by atoms with van der Waals surface area (Å²) < 4.78 is 0. The van der Waals surface area contributed by atoms with Crippen LogP contribution >= 0.6 is 11.6 Å². The second-order valence-corrected chi connectivity index (χ2v) is 3.72. The van der Waals surface area contributed by atoms with Crippen LogP contribution in [0.4, 0.5) is 5.69 Å². The minimum Gasteiger partial charge on any atom is -0.366 e. The lowest BCUT2D eigenvalue weighted by Gasteiger charge is -2.08. The van der Waals surface area contributed by atoms with Crippen molar-refractivity contribution >= 4 is 23.6 Å². The lowest BCUT2D eigenvalue weighted by molar-refractivity contribution is 0.552. The van der Waals surface area contributed by atoms with Crippen LogP contribution in [0.2, 0.25) is 5.15 Å². The summed E-state index contributed by atoms with van der Waals surface area (Å²) >= 11 is 5.80. The highest BCUT2D eigenvalue weighted by Gasteiger charge is 2.05. The Labute approximate surface area is 100 Å². The Bertz CT molecular complexity index is 448. The first-order valence-corrected chi connectivity index (χ1v) is 5.28. The fourth-order valence-corrected chi connectivity index (χ4v) is 1.24. The van der Waals surface area contributed by atoms with E-state index in [0.29, 0.717) is 16.9 Å². The molecule has 1 heterocycles. The number of aromatic nitrogens is 1. The van der Waals surface area contributed by atoms with Gasteiger partial charge in [0.2, 0.25) is 0 Å². The molecule has 0 fully saturated rings. The number of nitrogens with zero attached hydrogens (tertiary/aromatic N) is 4. The summed E-state index contributed by atoms with van der Waals surface area (Å²) in [6.45, 7) is 4.71. The highest BCUT2D eigenvalue weighted by atomic mass is 35.5. The predicted molar refractivity (Wildman–Crippen MR) is 65.2 cm³/mol. The van der Waals surface area contributed by atoms with Crippen LogP contribution < -0.4 is 0 Å². The van der Waals surface area contributed by atoms with Gasteiger partial charge in [0, 0.05) is 13.6 Å². The fraction of sp³-hybridized carbons (Fsp3) is 0.364. The van der Waals surface area contributed by atoms with Gasteiger partial charge in [0.15, 0.2) is 0 Å². The molecule has 16 heavy (non-hydrogen) atoms. The molecule has 0 aliphatic heterocycles. The quantitative estimate of drug-likeness (QED) is 0.460. The van der Waals surface area contributed by atoms with Crippen molar-refractivity contribution in [2.75, 3.05) is 13.6 Å². The molecular weight excluding hydrogens is 224 g/mol. The van der Waals surface area contributed by atoms with Crippen molar-refractivity contribution in [2.45, 2.75) is 13.8 Å². The number of rotatable bonds is 3. The van der Waals surface area contributed by atoms with Crippen LogP contribution in [0.3, 0.4) is 0 Å². The van der Waals surface area contributed by atoms with Crippen molar-refractivity contribution in [3.05, 3.63) is 22.5 Å². The number of hydrogen-bond donors (Lipinski definition) is 0. The summed E-state index contributed by atoms with van der Waals surface area (Å²) in [6.07, 6.45) is 1.71. The Morgan fingerprint density at radius 3 is 2.94 bits per heavy atom. The zero-order valence-electron chi connectivity index (χ0n) is 9.53. The summed E-state index contributed by atoms with van der Waals surface area (Å²) in [5, 5.41) is 9.05. The molecule has 0 radical (unpaired) electrons. The molecule has 0 saturated carbocycles. The molecule has 84 valence electrons. The topological polar surface area (TPSA) is 52.3 Å². The van der Waals surface area contributed by atoms with Gasteiger partial charge in [0.25, 0.3) is 0 Å². The molecule has 0 spiro atoms. The highest BCUT2D eigenvalue weighted by molar-refractivity contribution is 6.30. The van der Waals surface area contributed by atoms with E-state index in [-0.39, 0.29) is 5.15 Å². The molecule has 4 nitrogen and oxygen atoms in total. The van der Waals surface area contributed by atoms with E-state index < -0.39 is 0 Å². The first kappa shape index (κ1) is 12.5. The fourth-order valence-electron chi connectivity index (χ4n) is 1.02. The third-order valence-electron chi connectivity index (χ3n) is 2.15. The van der Waals surface area contributed by atoms with Crippen LogP contribution in [0.15, 0.2) is 11.1 Å². The second-order valence-electron chi connectivity index (χ2n) is 3.36. The minimum atomic E-state index is 0.225. The van der Waals surface area contributed by atoms with Gasteiger partial charge in [-0.25, -0.2) is 9.98 Å². The minimum absolute atomic E-state index is 0.225. The van der Waals surface area contributed by atoms with Gasteiger partial charge in [-0.1, -0.05) is 11.6 Å². The number of hydrogen-bond acceptors (Lipinski definition) is 3. The van der Waals surface area contributed by atoms with Crippen LogP contribution in [-0.2, 0) is 0 Å². The Morgan fingerprint density at radius 2 is 2.38 bits per heavy atom. The maximum Gasteiger partial charge on any atom is 0.147 e. The number of pyridine rings is 1. The summed E-state index contributed by atoms with van der Waals surface area (Å²) in [6, 6.07) is 3.63. The van der Waals surface area contributed by atoms with E-state index >= 15 is 0 Å². The molecule has 0 saturated heterocycles. The van der Waals surface area contributed by atoms with E-state index in [4.69, 9.17) is 16.9 Å². The molecule has 5 heteroatoms. The Morgan fingerprint density at radius 1 is 1.69 bits per heavy atom. The van der Waals surface area contributed by atoms with Crippen LogP contribution in [-0.4, -0.2) is 29.8 Å². The van der Waals surface area contributed by atoms with Crippen molar-refractivity contribution < 1.29 is 0 Å². The lowest BCUT2D eigenvalue weighted by atomic mass is 10.2. The van der Waals surface area contributed by atoms with Gasteiger partial charge >= 0.3 is 0 Å². The van der Waals surface area contributed by atoms with Gasteiger partial charge in [-0.15, -0.1) is 0 Å². The van der Waals surface area contributed by atoms with Crippen LogP contribution in [0, 0.1) is 18.3 Å². The van der Waals surface area contributed by atoms with Gasteiger partial charge < -0.3 is 4.90 Å². The van der Waals surface area contributed by atoms with Gasteiger partial charge in [-0.05, 0) is 19.9 Å². The SMILES string of the molecule is CCN(C)/C=N/c1cc(C#N)c(Cl)nc1C. The van der Waals surface area contributed by atoms with Crippen molar-refractivity contribution in [2.24, 2.45) is 4.99 Å². The average Bonchev–Trinajstić information content (AvgIpc) is 2.27. The first-order chi connectivity index (χ1) is 7.58. The number of aliphatic imine (C=N–C) groups is 1. The monoisotopic (exact) mass is 236 g/mol. The normalized spacial score (nSPS) is 10.4. The smallest absolute Gasteiger partial charge is 0.147 e. The molecule has 0 aliphatic carbocycles. The lowest BCUT2D eigenvalue weighted by Crippen LogP contribution is -2.14. The maximum atomic E-state index is 8.82. The molecule has 0 aromatic carbocycles. The van der Waals surface area contributed by atoms with Crippen molar-refractivity contribution in [1.29, 1.82) is 5.26 Å². The van der Waals surface area contributed by atoms with Crippen LogP contribution in [0.25, 0.3) is 0 Å². The molecule has 0 amide bonds. The third-order valence-corrected chi connectivity index (χ3v) is 2.44. The summed E-state index contributed by atoms with van der Waals surface area (Å²) in [5.74, 6) is 0. The van der Waals surface area contributed by atoms with E-state index in [1.54, 1.807) is 12.4 Å². The number of aryl methyl sites for hydroxylation is 1. The molecular formula is C11H13ClN4. The van der Waals surface area contributed by atoms with Crippen molar-refractivity contribution in [3.8, 4) is 6.07 Å². The summed E-state index contributed by atoms with van der Waals surface area (Å²) in [4.78, 5) is 10.2. The predicted octanol–water partition coefficient (Wildman–Crippen LogP) is 2.53. The van der Waals surface area contributed by atoms with Gasteiger partial charge in [0.1, 0.15) is 11.2 Å². The molecule has 0 aliphatic rings. The van der Waals surface area contributed by atoms with Crippen molar-refractivity contribution in [1.82, 2.24) is 9.88 Å². The van der Waals surface area contributed by atoms with E-state index in [2.05, 4.69) is 9.98 Å². The van der Waals surface area contributed by atoms with Crippen LogP contribution in [0.5, 0.6) is 0 Å². The number of halogens is 1. The molecule has 0 bridgehead atoms. The second kappa shape index (κ2) is 5.47. The van der Waals surface area contributed by atoms with Crippen molar-refractivity contribution in [3.63, 3.8) is 0 Å². The third kappa shape index (κ3) is 2.94. The molecule has 1 aromatic rings.